The van der Waals surface area contributed by atoms with Gasteiger partial charge in [0.1, 0.15) is 5.82 Å². The molecule has 0 atom stereocenters. The number of hydrogen-bond acceptors (Lipinski definition) is 1. The van der Waals surface area contributed by atoms with Crippen LogP contribution in [0.2, 0.25) is 5.02 Å². The van der Waals surface area contributed by atoms with E-state index in [1.807, 2.05) is 0 Å². The first-order valence-electron chi connectivity index (χ1n) is 6.00. The highest BCUT2D eigenvalue weighted by Crippen LogP contribution is 2.19. The monoisotopic (exact) mass is 316 g/mol. The SMILES string of the molecule is O=C(CCc1cc(F)c(F)c(F)c1)c1ccc(F)c(Cl)c1. The lowest BCUT2D eigenvalue weighted by Crippen LogP contribution is -2.03. The quantitative estimate of drug-likeness (QED) is 0.453. The van der Waals surface area contributed by atoms with Crippen LogP contribution in [0.4, 0.5) is 17.6 Å². The third-order valence-corrected chi connectivity index (χ3v) is 3.22. The van der Waals surface area contributed by atoms with Crippen molar-refractivity contribution in [3.8, 4) is 0 Å². The molecule has 0 heterocycles. The lowest BCUT2D eigenvalue weighted by atomic mass is 10.0. The lowest BCUT2D eigenvalue weighted by Gasteiger charge is -2.04. The summed E-state index contributed by atoms with van der Waals surface area (Å²) in [5.74, 6) is -5.15. The molecular formula is C15H9ClF4O. The molecule has 0 bridgehead atoms. The number of halogens is 5. The van der Waals surface area contributed by atoms with Gasteiger partial charge in [0.25, 0.3) is 0 Å². The number of Topliss-reactive ketones (excluding diaryl/α,β-unsaturated/α-hetero) is 1. The van der Waals surface area contributed by atoms with Crippen LogP contribution >= 0.6 is 11.6 Å². The fraction of sp³-hybridized carbons (Fsp3) is 0.133. The Morgan fingerprint density at radius 1 is 0.952 bits per heavy atom. The minimum Gasteiger partial charge on any atom is -0.294 e. The smallest absolute Gasteiger partial charge is 0.194 e. The summed E-state index contributed by atoms with van der Waals surface area (Å²) < 4.78 is 51.8. The van der Waals surface area contributed by atoms with Gasteiger partial charge >= 0.3 is 0 Å². The van der Waals surface area contributed by atoms with Crippen LogP contribution in [-0.4, -0.2) is 5.78 Å². The number of aryl methyl sites for hydroxylation is 1. The van der Waals surface area contributed by atoms with Crippen molar-refractivity contribution < 1.29 is 22.4 Å². The molecule has 2 aromatic carbocycles. The van der Waals surface area contributed by atoms with Crippen LogP contribution in [-0.2, 0) is 6.42 Å². The van der Waals surface area contributed by atoms with Crippen LogP contribution in [0.1, 0.15) is 22.3 Å². The Balaban J connectivity index is 2.09. The van der Waals surface area contributed by atoms with E-state index in [4.69, 9.17) is 11.6 Å². The van der Waals surface area contributed by atoms with Gasteiger partial charge in [0.05, 0.1) is 5.02 Å². The molecular weight excluding hydrogens is 308 g/mol. The number of rotatable bonds is 4. The zero-order valence-electron chi connectivity index (χ0n) is 10.6. The minimum atomic E-state index is -1.55. The minimum absolute atomic E-state index is 0.0297. The number of ketones is 1. The number of carbonyl (C=O) groups is 1. The molecule has 0 unspecified atom stereocenters. The highest BCUT2D eigenvalue weighted by atomic mass is 35.5. The van der Waals surface area contributed by atoms with E-state index in [0.717, 1.165) is 18.2 Å². The second-order valence-corrected chi connectivity index (χ2v) is 4.83. The molecule has 0 aliphatic heterocycles. The van der Waals surface area contributed by atoms with Gasteiger partial charge in [0, 0.05) is 12.0 Å². The molecule has 21 heavy (non-hydrogen) atoms. The lowest BCUT2D eigenvalue weighted by molar-refractivity contribution is 0.0982. The average molecular weight is 317 g/mol. The summed E-state index contributed by atoms with van der Waals surface area (Å²) in [4.78, 5) is 11.9. The van der Waals surface area contributed by atoms with E-state index in [1.165, 1.54) is 12.1 Å². The predicted molar refractivity (Wildman–Crippen MR) is 70.4 cm³/mol. The molecule has 0 N–H and O–H groups in total. The molecule has 0 saturated heterocycles. The van der Waals surface area contributed by atoms with E-state index in [0.29, 0.717) is 0 Å². The van der Waals surface area contributed by atoms with Crippen molar-refractivity contribution in [2.45, 2.75) is 12.8 Å². The van der Waals surface area contributed by atoms with Gasteiger partial charge in [-0.1, -0.05) is 11.6 Å². The Kier molecular flexibility index (Phi) is 4.63. The van der Waals surface area contributed by atoms with Crippen molar-refractivity contribution in [2.75, 3.05) is 0 Å². The fourth-order valence-corrected chi connectivity index (χ4v) is 2.00. The standard InChI is InChI=1S/C15H9ClF4O/c16-10-7-9(2-3-11(10)17)14(21)4-1-8-5-12(18)15(20)13(19)6-8/h2-3,5-7H,1,4H2. The second kappa shape index (κ2) is 6.26. The molecule has 0 amide bonds. The third-order valence-electron chi connectivity index (χ3n) is 2.93. The Hall–Kier alpha value is -1.88. The van der Waals surface area contributed by atoms with Crippen LogP contribution in [0.3, 0.4) is 0 Å². The Morgan fingerprint density at radius 2 is 1.57 bits per heavy atom. The maximum Gasteiger partial charge on any atom is 0.194 e. The van der Waals surface area contributed by atoms with Crippen LogP contribution in [0.5, 0.6) is 0 Å². The van der Waals surface area contributed by atoms with Gasteiger partial charge in [0.2, 0.25) is 0 Å². The van der Waals surface area contributed by atoms with E-state index in [-0.39, 0.29) is 34.8 Å². The van der Waals surface area contributed by atoms with E-state index in [9.17, 15) is 22.4 Å². The van der Waals surface area contributed by atoms with Crippen LogP contribution in [0.25, 0.3) is 0 Å². The summed E-state index contributed by atoms with van der Waals surface area (Å²) in [6.07, 6.45) is -0.0333. The second-order valence-electron chi connectivity index (χ2n) is 4.43. The Bertz CT molecular complexity index is 677. The summed E-state index contributed by atoms with van der Waals surface area (Å²) in [5.41, 5.74) is 0.359. The molecule has 0 aliphatic rings. The Labute approximate surface area is 123 Å². The molecule has 1 nitrogen and oxygen atoms in total. The van der Waals surface area contributed by atoms with Crippen molar-refractivity contribution in [3.05, 3.63) is 69.8 Å². The first kappa shape index (κ1) is 15.5. The molecule has 0 spiro atoms. The highest BCUT2D eigenvalue weighted by Gasteiger charge is 2.13. The van der Waals surface area contributed by atoms with Gasteiger partial charge in [-0.3, -0.25) is 4.79 Å². The normalized spacial score (nSPS) is 10.7. The molecule has 0 aliphatic carbocycles. The first-order valence-corrected chi connectivity index (χ1v) is 6.38. The molecule has 2 rings (SSSR count). The van der Waals surface area contributed by atoms with Gasteiger partial charge in [0.15, 0.2) is 23.2 Å². The predicted octanol–water partition coefficient (Wildman–Crippen LogP) is 4.71. The molecule has 0 aromatic heterocycles. The zero-order valence-corrected chi connectivity index (χ0v) is 11.4. The van der Waals surface area contributed by atoms with E-state index >= 15 is 0 Å². The van der Waals surface area contributed by atoms with Crippen LogP contribution in [0, 0.1) is 23.3 Å². The van der Waals surface area contributed by atoms with Crippen molar-refractivity contribution in [1.29, 1.82) is 0 Å². The van der Waals surface area contributed by atoms with E-state index < -0.39 is 23.3 Å². The highest BCUT2D eigenvalue weighted by molar-refractivity contribution is 6.31. The van der Waals surface area contributed by atoms with Gasteiger partial charge < -0.3 is 0 Å². The van der Waals surface area contributed by atoms with E-state index in [2.05, 4.69) is 0 Å². The van der Waals surface area contributed by atoms with Crippen LogP contribution < -0.4 is 0 Å². The Morgan fingerprint density at radius 3 is 2.14 bits per heavy atom. The number of hydrogen-bond donors (Lipinski definition) is 0. The van der Waals surface area contributed by atoms with Crippen LogP contribution in [0.15, 0.2) is 30.3 Å². The summed E-state index contributed by atoms with van der Waals surface area (Å²) in [6.45, 7) is 0. The molecule has 6 heteroatoms. The summed E-state index contributed by atoms with van der Waals surface area (Å²) >= 11 is 5.57. The van der Waals surface area contributed by atoms with Gasteiger partial charge in [-0.05, 0) is 42.3 Å². The fourth-order valence-electron chi connectivity index (χ4n) is 1.82. The molecule has 0 saturated carbocycles. The molecule has 2 aromatic rings. The summed E-state index contributed by atoms with van der Waals surface area (Å²) in [6, 6.07) is 5.19. The maximum absolute atomic E-state index is 13.0. The van der Waals surface area contributed by atoms with Crippen molar-refractivity contribution >= 4 is 17.4 Å². The molecule has 110 valence electrons. The van der Waals surface area contributed by atoms with Crippen molar-refractivity contribution in [1.82, 2.24) is 0 Å². The largest absolute Gasteiger partial charge is 0.294 e. The zero-order chi connectivity index (χ0) is 15.6. The topological polar surface area (TPSA) is 17.1 Å². The number of benzene rings is 2. The summed E-state index contributed by atoms with van der Waals surface area (Å²) in [7, 11) is 0. The van der Waals surface area contributed by atoms with E-state index in [1.54, 1.807) is 0 Å². The molecule has 0 fully saturated rings. The van der Waals surface area contributed by atoms with Gasteiger partial charge in [-0.2, -0.15) is 0 Å². The van der Waals surface area contributed by atoms with Gasteiger partial charge in [-0.15, -0.1) is 0 Å². The molecule has 0 radical (unpaired) electrons. The van der Waals surface area contributed by atoms with Crippen molar-refractivity contribution in [3.63, 3.8) is 0 Å². The maximum atomic E-state index is 13.0. The summed E-state index contributed by atoms with van der Waals surface area (Å²) in [5, 5.41) is -0.181. The van der Waals surface area contributed by atoms with Crippen molar-refractivity contribution in [2.24, 2.45) is 0 Å². The average Bonchev–Trinajstić information content (AvgIpc) is 2.44. The number of carbonyl (C=O) groups excluding carboxylic acids is 1. The first-order chi connectivity index (χ1) is 9.88. The van der Waals surface area contributed by atoms with Gasteiger partial charge in [-0.25, -0.2) is 17.6 Å². The third kappa shape index (κ3) is 3.61.